The lowest BCUT2D eigenvalue weighted by atomic mass is 10.1. The number of anilines is 1. The summed E-state index contributed by atoms with van der Waals surface area (Å²) in [4.78, 5) is 27.2. The molecule has 162 valence electrons. The lowest BCUT2D eigenvalue weighted by Crippen LogP contribution is -2.51. The second-order valence-corrected chi connectivity index (χ2v) is 9.01. The van der Waals surface area contributed by atoms with Crippen molar-refractivity contribution in [1.82, 2.24) is 10.2 Å². The predicted octanol–water partition coefficient (Wildman–Crippen LogP) is 2.31. The molecule has 0 saturated heterocycles. The first-order chi connectivity index (χ1) is 14.2. The molecule has 30 heavy (non-hydrogen) atoms. The van der Waals surface area contributed by atoms with Crippen LogP contribution in [0.25, 0.3) is 0 Å². The SMILES string of the molecule is CC[C@H](C(=O)NC)N(Cc1ccccc1)C(=O)CN(c1ccccc1C)S(C)(=O)=O. The number of amides is 2. The number of likely N-dealkylation sites (N-methyl/N-ethyl adjacent to an activating group) is 1. The van der Waals surface area contributed by atoms with Crippen LogP contribution in [0.4, 0.5) is 5.69 Å². The number of aryl methyl sites for hydroxylation is 1. The summed E-state index contributed by atoms with van der Waals surface area (Å²) < 4.78 is 26.1. The molecular weight excluding hydrogens is 402 g/mol. The molecular formula is C22H29N3O4S. The number of hydrogen-bond acceptors (Lipinski definition) is 4. The van der Waals surface area contributed by atoms with Gasteiger partial charge in [-0.3, -0.25) is 13.9 Å². The van der Waals surface area contributed by atoms with Crippen LogP contribution in [0, 0.1) is 6.92 Å². The van der Waals surface area contributed by atoms with E-state index < -0.39 is 22.0 Å². The standard InChI is InChI=1S/C22H29N3O4S/c1-5-19(22(27)23-3)24(15-18-12-7-6-8-13-18)21(26)16-25(30(4,28)29)20-14-10-9-11-17(20)2/h6-14,19H,5,15-16H2,1-4H3,(H,23,27)/t19-/m1/s1. The highest BCUT2D eigenvalue weighted by Gasteiger charge is 2.31. The summed E-state index contributed by atoms with van der Waals surface area (Å²) in [6.45, 7) is 3.43. The first kappa shape index (κ1) is 23.4. The van der Waals surface area contributed by atoms with Gasteiger partial charge in [0.25, 0.3) is 0 Å². The summed E-state index contributed by atoms with van der Waals surface area (Å²) in [5, 5.41) is 2.60. The number of sulfonamides is 1. The minimum atomic E-state index is -3.71. The third-order valence-corrected chi connectivity index (χ3v) is 6.02. The molecule has 0 radical (unpaired) electrons. The number of para-hydroxylation sites is 1. The molecule has 1 N–H and O–H groups in total. The molecule has 2 aromatic rings. The van der Waals surface area contributed by atoms with E-state index in [0.717, 1.165) is 21.7 Å². The van der Waals surface area contributed by atoms with E-state index >= 15 is 0 Å². The topological polar surface area (TPSA) is 86.8 Å². The summed E-state index contributed by atoms with van der Waals surface area (Å²) in [6.07, 6.45) is 1.48. The Hall–Kier alpha value is -2.87. The van der Waals surface area contributed by atoms with Gasteiger partial charge in [-0.1, -0.05) is 55.5 Å². The van der Waals surface area contributed by atoms with Crippen molar-refractivity contribution in [2.75, 3.05) is 24.2 Å². The van der Waals surface area contributed by atoms with Gasteiger partial charge in [-0.2, -0.15) is 0 Å². The minimum absolute atomic E-state index is 0.205. The normalized spacial score (nSPS) is 12.1. The van der Waals surface area contributed by atoms with E-state index in [1.54, 1.807) is 25.1 Å². The Labute approximate surface area is 178 Å². The maximum Gasteiger partial charge on any atom is 0.244 e. The Kier molecular flexibility index (Phi) is 8.00. The van der Waals surface area contributed by atoms with E-state index in [-0.39, 0.29) is 19.0 Å². The van der Waals surface area contributed by atoms with Gasteiger partial charge in [0.05, 0.1) is 11.9 Å². The average Bonchev–Trinajstić information content (AvgIpc) is 2.72. The Morgan fingerprint density at radius 1 is 1.03 bits per heavy atom. The lowest BCUT2D eigenvalue weighted by Gasteiger charge is -2.32. The number of rotatable bonds is 9. The molecule has 0 aromatic heterocycles. The fourth-order valence-electron chi connectivity index (χ4n) is 3.30. The molecule has 0 aliphatic rings. The summed E-state index contributed by atoms with van der Waals surface area (Å²) in [7, 11) is -2.19. The molecule has 0 saturated carbocycles. The maximum absolute atomic E-state index is 13.3. The van der Waals surface area contributed by atoms with Gasteiger partial charge >= 0.3 is 0 Å². The van der Waals surface area contributed by atoms with Crippen molar-refractivity contribution >= 4 is 27.5 Å². The molecule has 2 rings (SSSR count). The van der Waals surface area contributed by atoms with Crippen LogP contribution >= 0.6 is 0 Å². The van der Waals surface area contributed by atoms with Crippen LogP contribution in [-0.2, 0) is 26.2 Å². The zero-order chi connectivity index (χ0) is 22.3. The molecule has 0 aliphatic carbocycles. The smallest absolute Gasteiger partial charge is 0.244 e. The fourth-order valence-corrected chi connectivity index (χ4v) is 4.21. The van der Waals surface area contributed by atoms with Gasteiger partial charge in [0, 0.05) is 13.6 Å². The van der Waals surface area contributed by atoms with E-state index in [0.29, 0.717) is 12.1 Å². The average molecular weight is 432 g/mol. The van der Waals surface area contributed by atoms with Crippen LogP contribution in [0.15, 0.2) is 54.6 Å². The van der Waals surface area contributed by atoms with Gasteiger partial charge in [0.15, 0.2) is 0 Å². The van der Waals surface area contributed by atoms with Crippen LogP contribution in [0.5, 0.6) is 0 Å². The number of carbonyl (C=O) groups is 2. The highest BCUT2D eigenvalue weighted by molar-refractivity contribution is 7.92. The first-order valence-electron chi connectivity index (χ1n) is 9.77. The molecule has 0 fully saturated rings. The van der Waals surface area contributed by atoms with Crippen LogP contribution in [0.1, 0.15) is 24.5 Å². The van der Waals surface area contributed by atoms with Gasteiger partial charge in [0.2, 0.25) is 21.8 Å². The Morgan fingerprint density at radius 2 is 1.63 bits per heavy atom. The van der Waals surface area contributed by atoms with Crippen molar-refractivity contribution in [1.29, 1.82) is 0 Å². The summed E-state index contributed by atoms with van der Waals surface area (Å²) in [5.74, 6) is -0.730. The zero-order valence-corrected chi connectivity index (χ0v) is 18.6. The highest BCUT2D eigenvalue weighted by atomic mass is 32.2. The van der Waals surface area contributed by atoms with E-state index in [1.807, 2.05) is 43.3 Å². The van der Waals surface area contributed by atoms with Crippen LogP contribution < -0.4 is 9.62 Å². The van der Waals surface area contributed by atoms with Crippen molar-refractivity contribution in [3.63, 3.8) is 0 Å². The summed E-state index contributed by atoms with van der Waals surface area (Å²) in [5.41, 5.74) is 2.04. The third kappa shape index (κ3) is 5.82. The van der Waals surface area contributed by atoms with Crippen LogP contribution in [0.2, 0.25) is 0 Å². The Morgan fingerprint density at radius 3 is 2.17 bits per heavy atom. The second-order valence-electron chi connectivity index (χ2n) is 7.10. The van der Waals surface area contributed by atoms with Crippen molar-refractivity contribution < 1.29 is 18.0 Å². The Balaban J connectivity index is 2.42. The molecule has 1 atom stereocenters. The van der Waals surface area contributed by atoms with E-state index in [1.165, 1.54) is 11.9 Å². The van der Waals surface area contributed by atoms with Gasteiger partial charge in [0.1, 0.15) is 12.6 Å². The Bertz CT molecular complexity index is 977. The van der Waals surface area contributed by atoms with E-state index in [2.05, 4.69) is 5.32 Å². The zero-order valence-electron chi connectivity index (χ0n) is 17.8. The minimum Gasteiger partial charge on any atom is -0.357 e. The number of carbonyl (C=O) groups excluding carboxylic acids is 2. The first-order valence-corrected chi connectivity index (χ1v) is 11.6. The molecule has 0 spiro atoms. The summed E-state index contributed by atoms with van der Waals surface area (Å²) >= 11 is 0. The van der Waals surface area contributed by atoms with Crippen LogP contribution in [0.3, 0.4) is 0 Å². The molecule has 0 aliphatic heterocycles. The van der Waals surface area contributed by atoms with Crippen LogP contribution in [-0.4, -0.2) is 51.0 Å². The quantitative estimate of drug-likeness (QED) is 0.660. The molecule has 2 aromatic carbocycles. The molecule has 7 nitrogen and oxygen atoms in total. The molecule has 0 bridgehead atoms. The van der Waals surface area contributed by atoms with Gasteiger partial charge in [-0.15, -0.1) is 0 Å². The van der Waals surface area contributed by atoms with Crippen molar-refractivity contribution in [2.45, 2.75) is 32.9 Å². The number of nitrogens with one attached hydrogen (secondary N) is 1. The maximum atomic E-state index is 13.3. The molecule has 8 heteroatoms. The third-order valence-electron chi connectivity index (χ3n) is 4.89. The monoisotopic (exact) mass is 431 g/mol. The molecule has 0 unspecified atom stereocenters. The molecule has 2 amide bonds. The fraction of sp³-hybridized carbons (Fsp3) is 0.364. The predicted molar refractivity (Wildman–Crippen MR) is 119 cm³/mol. The van der Waals surface area contributed by atoms with Gasteiger partial charge in [-0.25, -0.2) is 8.42 Å². The van der Waals surface area contributed by atoms with E-state index in [9.17, 15) is 18.0 Å². The number of hydrogen-bond donors (Lipinski definition) is 1. The van der Waals surface area contributed by atoms with Gasteiger partial charge < -0.3 is 10.2 Å². The number of nitrogens with zero attached hydrogens (tertiary/aromatic N) is 2. The lowest BCUT2D eigenvalue weighted by molar-refractivity contribution is -0.140. The summed E-state index contributed by atoms with van der Waals surface area (Å²) in [6, 6.07) is 15.6. The highest BCUT2D eigenvalue weighted by Crippen LogP contribution is 2.23. The van der Waals surface area contributed by atoms with Gasteiger partial charge in [-0.05, 0) is 30.5 Å². The van der Waals surface area contributed by atoms with E-state index in [4.69, 9.17) is 0 Å². The molecule has 0 heterocycles. The van der Waals surface area contributed by atoms with Crippen molar-refractivity contribution in [3.05, 3.63) is 65.7 Å². The van der Waals surface area contributed by atoms with Crippen molar-refractivity contribution in [2.24, 2.45) is 0 Å². The van der Waals surface area contributed by atoms with Crippen molar-refractivity contribution in [3.8, 4) is 0 Å². The number of benzene rings is 2. The second kappa shape index (κ2) is 10.2. The largest absolute Gasteiger partial charge is 0.357 e.